The summed E-state index contributed by atoms with van der Waals surface area (Å²) in [7, 11) is 0. The highest BCUT2D eigenvalue weighted by Gasteiger charge is 2.34. The molecule has 0 bridgehead atoms. The van der Waals surface area contributed by atoms with Crippen LogP contribution in [0.1, 0.15) is 5.56 Å². The van der Waals surface area contributed by atoms with Crippen molar-refractivity contribution in [3.05, 3.63) is 59.1 Å². The molecule has 0 aliphatic carbocycles. The second kappa shape index (κ2) is 7.23. The summed E-state index contributed by atoms with van der Waals surface area (Å²) in [5.41, 5.74) is -1.41. The molecule has 0 saturated carbocycles. The molecule has 0 unspecified atom stereocenters. The van der Waals surface area contributed by atoms with Crippen molar-refractivity contribution in [2.45, 2.75) is 6.18 Å². The smallest absolute Gasteiger partial charge is 0.418 e. The van der Waals surface area contributed by atoms with Crippen molar-refractivity contribution < 1.29 is 22.7 Å². The first kappa shape index (κ1) is 17.0. The fourth-order valence-electron chi connectivity index (χ4n) is 1.73. The largest absolute Gasteiger partial charge is 0.473 e. The van der Waals surface area contributed by atoms with Crippen LogP contribution in [0, 0.1) is 0 Å². The Labute approximate surface area is 135 Å². The van der Waals surface area contributed by atoms with Crippen LogP contribution in [-0.2, 0) is 6.18 Å². The Morgan fingerprint density at radius 2 is 1.83 bits per heavy atom. The van der Waals surface area contributed by atoms with E-state index in [1.165, 1.54) is 6.07 Å². The number of benzene rings is 2. The van der Waals surface area contributed by atoms with E-state index < -0.39 is 17.8 Å². The lowest BCUT2D eigenvalue weighted by atomic mass is 10.1. The molecule has 0 atom stereocenters. The van der Waals surface area contributed by atoms with Gasteiger partial charge in [-0.1, -0.05) is 29.8 Å². The van der Waals surface area contributed by atoms with Crippen molar-refractivity contribution in [2.24, 2.45) is 0 Å². The van der Waals surface area contributed by atoms with Gasteiger partial charge >= 0.3 is 12.2 Å². The fourth-order valence-corrected chi connectivity index (χ4v) is 1.90. The van der Waals surface area contributed by atoms with Crippen LogP contribution in [0.4, 0.5) is 23.7 Å². The highest BCUT2D eigenvalue weighted by Crippen LogP contribution is 2.36. The number of hydrogen-bond donors (Lipinski definition) is 2. The maximum atomic E-state index is 12.9. The monoisotopic (exact) mass is 344 g/mol. The first-order valence-corrected chi connectivity index (χ1v) is 6.83. The first-order valence-electron chi connectivity index (χ1n) is 6.46. The van der Waals surface area contributed by atoms with Gasteiger partial charge < -0.3 is 15.4 Å². The Kier molecular flexibility index (Phi) is 5.33. The Bertz CT molecular complexity index is 678. The van der Waals surface area contributed by atoms with E-state index in [4.69, 9.17) is 16.3 Å². The second-order valence-electron chi connectivity index (χ2n) is 4.42. The zero-order chi connectivity index (χ0) is 16.9. The summed E-state index contributed by atoms with van der Waals surface area (Å²) in [5.74, 6) is 0.523. The van der Waals surface area contributed by atoms with E-state index in [9.17, 15) is 18.0 Å². The lowest BCUT2D eigenvalue weighted by Gasteiger charge is -2.15. The van der Waals surface area contributed by atoms with Crippen molar-refractivity contribution in [1.82, 2.24) is 5.32 Å². The highest BCUT2D eigenvalue weighted by atomic mass is 35.5. The van der Waals surface area contributed by atoms with E-state index >= 15 is 0 Å². The summed E-state index contributed by atoms with van der Waals surface area (Å²) in [5, 5.41) is 4.35. The van der Waals surface area contributed by atoms with E-state index in [2.05, 4.69) is 10.6 Å². The zero-order valence-corrected chi connectivity index (χ0v) is 12.4. The number of rotatable bonds is 4. The van der Waals surface area contributed by atoms with Gasteiger partial charge in [0.15, 0.2) is 6.73 Å². The predicted octanol–water partition coefficient (Wildman–Crippen LogP) is 4.52. The van der Waals surface area contributed by atoms with Gasteiger partial charge in [0.2, 0.25) is 0 Å². The summed E-state index contributed by atoms with van der Waals surface area (Å²) in [6, 6.07) is 10.9. The molecular formula is C15H12ClF3N2O2. The second-order valence-corrected chi connectivity index (χ2v) is 4.86. The number of alkyl halides is 3. The summed E-state index contributed by atoms with van der Waals surface area (Å²) in [4.78, 5) is 11.7. The molecule has 4 nitrogen and oxygen atoms in total. The molecule has 0 aliphatic heterocycles. The van der Waals surface area contributed by atoms with Gasteiger partial charge in [0.1, 0.15) is 5.75 Å². The van der Waals surface area contributed by atoms with Gasteiger partial charge in [-0.2, -0.15) is 13.2 Å². The molecule has 0 aromatic heterocycles. The maximum absolute atomic E-state index is 12.9. The Balaban J connectivity index is 1.95. The van der Waals surface area contributed by atoms with Gasteiger partial charge in [0.25, 0.3) is 0 Å². The first-order chi connectivity index (χ1) is 10.9. The van der Waals surface area contributed by atoms with Crippen LogP contribution in [0.2, 0.25) is 5.02 Å². The van der Waals surface area contributed by atoms with Crippen LogP contribution < -0.4 is 15.4 Å². The van der Waals surface area contributed by atoms with Crippen molar-refractivity contribution in [1.29, 1.82) is 0 Å². The van der Waals surface area contributed by atoms with Crippen LogP contribution in [0.3, 0.4) is 0 Å². The average Bonchev–Trinajstić information content (AvgIpc) is 2.49. The minimum absolute atomic E-state index is 0.0734. The van der Waals surface area contributed by atoms with Crippen LogP contribution in [0.15, 0.2) is 48.5 Å². The van der Waals surface area contributed by atoms with E-state index in [-0.39, 0.29) is 17.4 Å². The maximum Gasteiger partial charge on any atom is 0.418 e. The van der Waals surface area contributed by atoms with Crippen molar-refractivity contribution in [3.63, 3.8) is 0 Å². The van der Waals surface area contributed by atoms with Crippen LogP contribution in [0.5, 0.6) is 5.75 Å². The standard InChI is InChI=1S/C15H12ClF3N2O2/c16-10-6-7-13(12(8-10)15(17,18)19)21-14(22)20-9-23-11-4-2-1-3-5-11/h1-8H,9H2,(H2,20,21,22). The normalized spacial score (nSPS) is 11.0. The van der Waals surface area contributed by atoms with E-state index in [0.717, 1.165) is 12.1 Å². The van der Waals surface area contributed by atoms with Crippen molar-refractivity contribution in [2.75, 3.05) is 12.0 Å². The quantitative estimate of drug-likeness (QED) is 0.801. The van der Waals surface area contributed by atoms with Gasteiger partial charge in [-0.3, -0.25) is 0 Å². The highest BCUT2D eigenvalue weighted by molar-refractivity contribution is 6.30. The lowest BCUT2D eigenvalue weighted by molar-refractivity contribution is -0.136. The Morgan fingerprint density at radius 3 is 2.48 bits per heavy atom. The zero-order valence-electron chi connectivity index (χ0n) is 11.7. The number of nitrogens with one attached hydrogen (secondary N) is 2. The third-order valence-corrected chi connectivity index (χ3v) is 2.99. The molecule has 0 aliphatic rings. The molecule has 0 heterocycles. The molecule has 2 rings (SSSR count). The summed E-state index contributed by atoms with van der Waals surface area (Å²) in [6.45, 7) is -0.190. The molecule has 2 aromatic carbocycles. The van der Waals surface area contributed by atoms with Gasteiger partial charge in [0, 0.05) is 5.02 Å². The Hall–Kier alpha value is -2.41. The van der Waals surface area contributed by atoms with Gasteiger partial charge in [-0.15, -0.1) is 0 Å². The third-order valence-electron chi connectivity index (χ3n) is 2.75. The third kappa shape index (κ3) is 5.07. The van der Waals surface area contributed by atoms with Gasteiger partial charge in [-0.05, 0) is 30.3 Å². The lowest BCUT2D eigenvalue weighted by Crippen LogP contribution is -2.32. The molecule has 0 spiro atoms. The number of amides is 2. The predicted molar refractivity (Wildman–Crippen MR) is 80.5 cm³/mol. The van der Waals surface area contributed by atoms with E-state index in [0.29, 0.717) is 5.75 Å². The van der Waals surface area contributed by atoms with Crippen molar-refractivity contribution >= 4 is 23.3 Å². The number of ether oxygens (including phenoxy) is 1. The van der Waals surface area contributed by atoms with E-state index in [1.807, 2.05) is 0 Å². The number of urea groups is 1. The average molecular weight is 345 g/mol. The van der Waals surface area contributed by atoms with Gasteiger partial charge in [0.05, 0.1) is 11.3 Å². The number of hydrogen-bond acceptors (Lipinski definition) is 2. The summed E-state index contributed by atoms with van der Waals surface area (Å²) >= 11 is 5.56. The topological polar surface area (TPSA) is 50.4 Å². The van der Waals surface area contributed by atoms with E-state index in [1.54, 1.807) is 30.3 Å². The molecule has 23 heavy (non-hydrogen) atoms. The number of anilines is 1. The SMILES string of the molecule is O=C(NCOc1ccccc1)Nc1ccc(Cl)cc1C(F)(F)F. The number of halogens is 4. The summed E-state index contributed by atoms with van der Waals surface area (Å²) in [6.07, 6.45) is -4.63. The molecule has 0 saturated heterocycles. The molecule has 2 aromatic rings. The molecule has 2 amide bonds. The molecule has 0 radical (unpaired) electrons. The van der Waals surface area contributed by atoms with Crippen molar-refractivity contribution in [3.8, 4) is 5.75 Å². The van der Waals surface area contributed by atoms with Crippen LogP contribution in [0.25, 0.3) is 0 Å². The number of para-hydroxylation sites is 1. The fraction of sp³-hybridized carbons (Fsp3) is 0.133. The number of carbonyl (C=O) groups excluding carboxylic acids is 1. The van der Waals surface area contributed by atoms with Gasteiger partial charge in [-0.25, -0.2) is 4.79 Å². The van der Waals surface area contributed by atoms with Crippen LogP contribution in [-0.4, -0.2) is 12.8 Å². The summed E-state index contributed by atoms with van der Waals surface area (Å²) < 4.78 is 43.9. The number of carbonyl (C=O) groups is 1. The molecule has 8 heteroatoms. The van der Waals surface area contributed by atoms with Crippen LogP contribution >= 0.6 is 11.6 Å². The Morgan fingerprint density at radius 1 is 1.13 bits per heavy atom. The molecule has 2 N–H and O–H groups in total. The molecule has 122 valence electrons. The molecular weight excluding hydrogens is 333 g/mol. The minimum Gasteiger partial charge on any atom is -0.473 e. The molecule has 0 fully saturated rings. The minimum atomic E-state index is -4.63.